The van der Waals surface area contributed by atoms with E-state index in [-0.39, 0.29) is 11.9 Å². The topological polar surface area (TPSA) is 26.8 Å². The zero-order valence-electron chi connectivity index (χ0n) is 13.8. The molecule has 22 heavy (non-hydrogen) atoms. The number of nitrogens with zero attached hydrogens (tertiary/aromatic N) is 3. The first-order chi connectivity index (χ1) is 10.5. The summed E-state index contributed by atoms with van der Waals surface area (Å²) in [6.07, 6.45) is 0. The average molecular weight is 368 g/mol. The maximum atomic E-state index is 12.7. The first-order valence-electron chi connectivity index (χ1n) is 7.97. The number of hydrogen-bond acceptors (Lipinski definition) is 3. The molecular weight excluding hydrogens is 342 g/mol. The summed E-state index contributed by atoms with van der Waals surface area (Å²) >= 11 is 3.57. The fraction of sp³-hybridized carbons (Fsp3) is 0.588. The van der Waals surface area contributed by atoms with E-state index in [1.165, 1.54) is 5.56 Å². The Hall–Kier alpha value is -0.910. The van der Waals surface area contributed by atoms with Gasteiger partial charge in [0.25, 0.3) is 0 Å². The molecule has 1 amide bonds. The Bertz CT molecular complexity index is 500. The molecule has 1 atom stereocenters. The van der Waals surface area contributed by atoms with Gasteiger partial charge in [-0.1, -0.05) is 41.1 Å². The van der Waals surface area contributed by atoms with Crippen molar-refractivity contribution in [3.63, 3.8) is 0 Å². The molecule has 1 heterocycles. The van der Waals surface area contributed by atoms with Crippen LogP contribution in [0.2, 0.25) is 0 Å². The van der Waals surface area contributed by atoms with Crippen molar-refractivity contribution in [1.29, 1.82) is 0 Å². The van der Waals surface area contributed by atoms with Gasteiger partial charge in [0.2, 0.25) is 5.91 Å². The molecule has 0 aromatic heterocycles. The highest BCUT2D eigenvalue weighted by Crippen LogP contribution is 2.18. The van der Waals surface area contributed by atoms with E-state index in [1.54, 1.807) is 0 Å². The fourth-order valence-corrected chi connectivity index (χ4v) is 3.18. The summed E-state index contributed by atoms with van der Waals surface area (Å²) in [5, 5.41) is 0. The van der Waals surface area contributed by atoms with Gasteiger partial charge in [-0.3, -0.25) is 9.69 Å². The van der Waals surface area contributed by atoms with E-state index in [4.69, 9.17) is 0 Å². The van der Waals surface area contributed by atoms with Crippen molar-refractivity contribution in [3.8, 4) is 0 Å². The maximum Gasteiger partial charge on any atom is 0.239 e. The van der Waals surface area contributed by atoms with Gasteiger partial charge in [0.1, 0.15) is 0 Å². The van der Waals surface area contributed by atoms with E-state index in [0.29, 0.717) is 0 Å². The molecular formula is C17H26BrN3O. The lowest BCUT2D eigenvalue weighted by Crippen LogP contribution is -2.53. The lowest BCUT2D eigenvalue weighted by molar-refractivity contribution is -0.137. The van der Waals surface area contributed by atoms with Crippen LogP contribution in [-0.2, 0) is 11.3 Å². The Morgan fingerprint density at radius 3 is 2.50 bits per heavy atom. The van der Waals surface area contributed by atoms with E-state index >= 15 is 0 Å². The number of carbonyl (C=O) groups excluding carboxylic acids is 1. The Kier molecular flexibility index (Phi) is 6.41. The molecule has 1 fully saturated rings. The second-order valence-electron chi connectivity index (χ2n) is 5.94. The Balaban J connectivity index is 1.91. The number of rotatable bonds is 5. The van der Waals surface area contributed by atoms with Crippen LogP contribution in [0.25, 0.3) is 0 Å². The SMILES string of the molecule is CCN1CCN(C(=O)C(C)N(C)Cc2ccccc2Br)CC1. The molecule has 2 rings (SSSR count). The van der Waals surface area contributed by atoms with E-state index in [2.05, 4.69) is 38.7 Å². The summed E-state index contributed by atoms with van der Waals surface area (Å²) in [5.74, 6) is 0.241. The molecule has 0 saturated carbocycles. The van der Waals surface area contributed by atoms with E-state index in [9.17, 15) is 4.79 Å². The van der Waals surface area contributed by atoms with Crippen LogP contribution >= 0.6 is 15.9 Å². The summed E-state index contributed by atoms with van der Waals surface area (Å²) in [7, 11) is 2.02. The van der Waals surface area contributed by atoms with Gasteiger partial charge in [-0.05, 0) is 32.1 Å². The number of hydrogen-bond donors (Lipinski definition) is 0. The largest absolute Gasteiger partial charge is 0.339 e. The molecule has 0 bridgehead atoms. The second kappa shape index (κ2) is 8.09. The Morgan fingerprint density at radius 2 is 1.91 bits per heavy atom. The van der Waals surface area contributed by atoms with Gasteiger partial charge < -0.3 is 9.80 Å². The Labute approximate surface area is 142 Å². The highest BCUT2D eigenvalue weighted by Gasteiger charge is 2.26. The minimum absolute atomic E-state index is 0.0970. The first kappa shape index (κ1) is 17.4. The monoisotopic (exact) mass is 367 g/mol. The predicted molar refractivity (Wildman–Crippen MR) is 93.8 cm³/mol. The maximum absolute atomic E-state index is 12.7. The molecule has 1 aromatic carbocycles. The zero-order valence-corrected chi connectivity index (χ0v) is 15.3. The number of piperazine rings is 1. The lowest BCUT2D eigenvalue weighted by atomic mass is 10.1. The number of amides is 1. The van der Waals surface area contributed by atoms with E-state index in [0.717, 1.165) is 43.7 Å². The minimum Gasteiger partial charge on any atom is -0.339 e. The molecule has 0 radical (unpaired) electrons. The van der Waals surface area contributed by atoms with Crippen molar-refractivity contribution in [2.75, 3.05) is 39.8 Å². The summed E-state index contributed by atoms with van der Waals surface area (Å²) in [6, 6.07) is 8.08. The minimum atomic E-state index is -0.0970. The summed E-state index contributed by atoms with van der Waals surface area (Å²) in [4.78, 5) is 19.2. The predicted octanol–water partition coefficient (Wildman–Crippen LogP) is 2.43. The molecule has 1 aliphatic heterocycles. The molecule has 1 aliphatic rings. The molecule has 1 saturated heterocycles. The van der Waals surface area contributed by atoms with Crippen LogP contribution in [0.4, 0.5) is 0 Å². The van der Waals surface area contributed by atoms with Crippen LogP contribution in [0.1, 0.15) is 19.4 Å². The van der Waals surface area contributed by atoms with Crippen molar-refractivity contribution < 1.29 is 4.79 Å². The van der Waals surface area contributed by atoms with Gasteiger partial charge in [-0.15, -0.1) is 0 Å². The van der Waals surface area contributed by atoms with Gasteiger partial charge in [0, 0.05) is 37.2 Å². The molecule has 4 nitrogen and oxygen atoms in total. The third-order valence-corrected chi connectivity index (χ3v) is 5.30. The molecule has 122 valence electrons. The molecule has 0 N–H and O–H groups in total. The van der Waals surface area contributed by atoms with Crippen molar-refractivity contribution in [1.82, 2.24) is 14.7 Å². The first-order valence-corrected chi connectivity index (χ1v) is 8.77. The summed E-state index contributed by atoms with van der Waals surface area (Å²) in [6.45, 7) is 9.69. The van der Waals surface area contributed by atoms with Crippen LogP contribution in [0.15, 0.2) is 28.7 Å². The quantitative estimate of drug-likeness (QED) is 0.799. The van der Waals surface area contributed by atoms with Crippen LogP contribution in [0.5, 0.6) is 0 Å². The fourth-order valence-electron chi connectivity index (χ4n) is 2.77. The van der Waals surface area contributed by atoms with Gasteiger partial charge >= 0.3 is 0 Å². The van der Waals surface area contributed by atoms with Crippen molar-refractivity contribution in [3.05, 3.63) is 34.3 Å². The number of carbonyl (C=O) groups is 1. The third kappa shape index (κ3) is 4.31. The van der Waals surface area contributed by atoms with Gasteiger partial charge in [0.05, 0.1) is 6.04 Å². The van der Waals surface area contributed by atoms with Crippen molar-refractivity contribution >= 4 is 21.8 Å². The highest BCUT2D eigenvalue weighted by atomic mass is 79.9. The highest BCUT2D eigenvalue weighted by molar-refractivity contribution is 9.10. The molecule has 1 aromatic rings. The van der Waals surface area contributed by atoms with Crippen LogP contribution in [0, 0.1) is 0 Å². The van der Waals surface area contributed by atoms with Crippen molar-refractivity contribution in [2.24, 2.45) is 0 Å². The van der Waals surface area contributed by atoms with Gasteiger partial charge in [-0.25, -0.2) is 0 Å². The molecule has 0 aliphatic carbocycles. The zero-order chi connectivity index (χ0) is 16.1. The number of likely N-dealkylation sites (N-methyl/N-ethyl adjacent to an activating group) is 2. The average Bonchev–Trinajstić information content (AvgIpc) is 2.55. The summed E-state index contributed by atoms with van der Waals surface area (Å²) < 4.78 is 1.10. The second-order valence-corrected chi connectivity index (χ2v) is 6.80. The van der Waals surface area contributed by atoms with Crippen LogP contribution in [0.3, 0.4) is 0 Å². The van der Waals surface area contributed by atoms with Crippen LogP contribution < -0.4 is 0 Å². The number of benzene rings is 1. The number of halogens is 1. The third-order valence-electron chi connectivity index (χ3n) is 4.53. The van der Waals surface area contributed by atoms with Gasteiger partial charge in [0.15, 0.2) is 0 Å². The van der Waals surface area contributed by atoms with E-state index < -0.39 is 0 Å². The normalized spacial score (nSPS) is 17.8. The molecule has 5 heteroatoms. The molecule has 0 spiro atoms. The summed E-state index contributed by atoms with van der Waals surface area (Å²) in [5.41, 5.74) is 1.21. The smallest absolute Gasteiger partial charge is 0.239 e. The van der Waals surface area contributed by atoms with Crippen molar-refractivity contribution in [2.45, 2.75) is 26.4 Å². The lowest BCUT2D eigenvalue weighted by Gasteiger charge is -2.37. The van der Waals surface area contributed by atoms with E-state index in [1.807, 2.05) is 37.1 Å². The molecule has 1 unspecified atom stereocenters. The standard InChI is InChI=1S/C17H26BrN3O/c1-4-20-9-11-21(12-10-20)17(22)14(2)19(3)13-15-7-5-6-8-16(15)18/h5-8,14H,4,9-13H2,1-3H3. The van der Waals surface area contributed by atoms with Gasteiger partial charge in [-0.2, -0.15) is 0 Å². The van der Waals surface area contributed by atoms with Crippen LogP contribution in [-0.4, -0.2) is 66.4 Å². The Morgan fingerprint density at radius 1 is 1.27 bits per heavy atom.